The topological polar surface area (TPSA) is 68.1 Å². The highest BCUT2D eigenvalue weighted by atomic mass is 79.9. The molecule has 0 radical (unpaired) electrons. The lowest BCUT2D eigenvalue weighted by atomic mass is 10.2. The quantitative estimate of drug-likeness (QED) is 0.662. The molecule has 0 aliphatic rings. The molecular formula is C12H12BrN3O2S. The predicted molar refractivity (Wildman–Crippen MR) is 79.7 cm³/mol. The maximum atomic E-state index is 11.0. The number of halogens is 1. The molecule has 0 saturated carbocycles. The van der Waals surface area contributed by atoms with Gasteiger partial charge in [0, 0.05) is 34.1 Å². The average Bonchev–Trinajstić information content (AvgIpc) is 2.83. The molecule has 0 aromatic carbocycles. The van der Waals surface area contributed by atoms with Crippen LogP contribution in [0.3, 0.4) is 0 Å². The number of nitrogens with zero attached hydrogens (tertiary/aromatic N) is 2. The molecule has 7 heteroatoms. The average molecular weight is 342 g/mol. The number of nitro groups is 1. The Kier molecular flexibility index (Phi) is 4.49. The van der Waals surface area contributed by atoms with E-state index in [0.29, 0.717) is 10.3 Å². The summed E-state index contributed by atoms with van der Waals surface area (Å²) in [6.45, 7) is 1.98. The third kappa shape index (κ3) is 3.74. The zero-order valence-electron chi connectivity index (χ0n) is 10.2. The Morgan fingerprint density at radius 3 is 3.05 bits per heavy atom. The molecule has 1 N–H and O–H groups in total. The van der Waals surface area contributed by atoms with Gasteiger partial charge < -0.3 is 5.32 Å². The molecule has 2 aromatic heterocycles. The minimum absolute atomic E-state index is 0.0209. The maximum absolute atomic E-state index is 11.0. The van der Waals surface area contributed by atoms with Gasteiger partial charge in [0.25, 0.3) is 0 Å². The summed E-state index contributed by atoms with van der Waals surface area (Å²) < 4.78 is 0.593. The van der Waals surface area contributed by atoms with Crippen molar-refractivity contribution in [2.45, 2.75) is 19.4 Å². The summed E-state index contributed by atoms with van der Waals surface area (Å²) in [5, 5.41) is 16.1. The Balaban J connectivity index is 2.12. The first kappa shape index (κ1) is 14.0. The number of rotatable bonds is 5. The molecule has 0 spiro atoms. The molecule has 2 aromatic rings. The molecule has 100 valence electrons. The van der Waals surface area contributed by atoms with Gasteiger partial charge in [0.05, 0.1) is 4.92 Å². The summed E-state index contributed by atoms with van der Waals surface area (Å²) in [6.07, 6.45) is 2.36. The van der Waals surface area contributed by atoms with Crippen LogP contribution in [0.4, 0.5) is 11.5 Å². The van der Waals surface area contributed by atoms with Gasteiger partial charge in [0.2, 0.25) is 5.82 Å². The maximum Gasteiger partial charge on any atom is 0.312 e. The second-order valence-electron chi connectivity index (χ2n) is 4.11. The number of hydrogen-bond acceptors (Lipinski definition) is 5. The van der Waals surface area contributed by atoms with Crippen LogP contribution in [0.25, 0.3) is 0 Å². The van der Waals surface area contributed by atoms with Crippen LogP contribution >= 0.6 is 27.3 Å². The van der Waals surface area contributed by atoms with Gasteiger partial charge in [0.1, 0.15) is 0 Å². The van der Waals surface area contributed by atoms with Gasteiger partial charge in [-0.15, -0.1) is 11.3 Å². The van der Waals surface area contributed by atoms with E-state index in [0.717, 1.165) is 6.42 Å². The summed E-state index contributed by atoms with van der Waals surface area (Å²) in [4.78, 5) is 15.9. The molecule has 19 heavy (non-hydrogen) atoms. The second kappa shape index (κ2) is 6.12. The summed E-state index contributed by atoms with van der Waals surface area (Å²) >= 11 is 4.86. The summed E-state index contributed by atoms with van der Waals surface area (Å²) in [6, 6.07) is 5.57. The van der Waals surface area contributed by atoms with Gasteiger partial charge in [-0.1, -0.05) is 6.07 Å². The largest absolute Gasteiger partial charge is 0.362 e. The van der Waals surface area contributed by atoms with Gasteiger partial charge in [-0.3, -0.25) is 10.1 Å². The van der Waals surface area contributed by atoms with Gasteiger partial charge >= 0.3 is 5.69 Å². The van der Waals surface area contributed by atoms with Gasteiger partial charge in [0.15, 0.2) is 0 Å². The third-order valence-corrected chi connectivity index (χ3v) is 3.83. The SMILES string of the molecule is CC(Cc1cccs1)Nc1ncc(Br)cc1[N+](=O)[O-]. The summed E-state index contributed by atoms with van der Waals surface area (Å²) in [5.41, 5.74) is -0.0209. The van der Waals surface area contributed by atoms with Crippen LogP contribution in [-0.4, -0.2) is 15.9 Å². The Labute approximate surface area is 123 Å². The first-order valence-electron chi connectivity index (χ1n) is 5.65. The molecule has 0 saturated heterocycles. The van der Waals surface area contributed by atoms with Crippen molar-refractivity contribution in [1.82, 2.24) is 4.98 Å². The van der Waals surface area contributed by atoms with E-state index in [1.165, 1.54) is 10.9 Å². The molecule has 0 aliphatic carbocycles. The first-order valence-corrected chi connectivity index (χ1v) is 7.32. The van der Waals surface area contributed by atoms with E-state index in [-0.39, 0.29) is 11.7 Å². The molecule has 2 rings (SSSR count). The van der Waals surface area contributed by atoms with Crippen LogP contribution in [0.1, 0.15) is 11.8 Å². The Hall–Kier alpha value is -1.47. The standard InChI is InChI=1S/C12H12BrN3O2S/c1-8(5-10-3-2-4-19-10)15-12-11(16(17)18)6-9(13)7-14-12/h2-4,6-8H,5H2,1H3,(H,14,15). The lowest BCUT2D eigenvalue weighted by molar-refractivity contribution is -0.384. The van der Waals surface area contributed by atoms with E-state index in [1.54, 1.807) is 17.5 Å². The van der Waals surface area contributed by atoms with Crippen LogP contribution < -0.4 is 5.32 Å². The van der Waals surface area contributed by atoms with E-state index in [1.807, 2.05) is 24.4 Å². The van der Waals surface area contributed by atoms with Crippen molar-refractivity contribution in [1.29, 1.82) is 0 Å². The summed E-state index contributed by atoms with van der Waals surface area (Å²) in [7, 11) is 0. The predicted octanol–water partition coefficient (Wildman–Crippen LogP) is 3.86. The highest BCUT2D eigenvalue weighted by Crippen LogP contribution is 2.26. The number of hydrogen-bond donors (Lipinski definition) is 1. The normalized spacial score (nSPS) is 12.1. The van der Waals surface area contributed by atoms with Crippen molar-refractivity contribution in [3.63, 3.8) is 0 Å². The minimum atomic E-state index is -0.433. The fraction of sp³-hybridized carbons (Fsp3) is 0.250. The van der Waals surface area contributed by atoms with Crippen molar-refractivity contribution in [3.05, 3.63) is 49.2 Å². The number of aromatic nitrogens is 1. The van der Waals surface area contributed by atoms with Gasteiger partial charge in [-0.05, 0) is 34.3 Å². The Morgan fingerprint density at radius 2 is 2.42 bits per heavy atom. The molecule has 1 atom stereocenters. The molecule has 2 heterocycles. The van der Waals surface area contributed by atoms with Crippen LogP contribution in [0.15, 0.2) is 34.2 Å². The van der Waals surface area contributed by atoms with E-state index in [4.69, 9.17) is 0 Å². The number of anilines is 1. The smallest absolute Gasteiger partial charge is 0.312 e. The number of nitrogens with one attached hydrogen (secondary N) is 1. The van der Waals surface area contributed by atoms with E-state index < -0.39 is 4.92 Å². The Bertz CT molecular complexity index is 574. The molecule has 1 unspecified atom stereocenters. The van der Waals surface area contributed by atoms with E-state index >= 15 is 0 Å². The lowest BCUT2D eigenvalue weighted by Crippen LogP contribution is -2.19. The third-order valence-electron chi connectivity index (χ3n) is 2.50. The molecule has 0 fully saturated rings. The van der Waals surface area contributed by atoms with E-state index in [9.17, 15) is 10.1 Å². The highest BCUT2D eigenvalue weighted by molar-refractivity contribution is 9.10. The molecule has 0 aliphatic heterocycles. The monoisotopic (exact) mass is 341 g/mol. The van der Waals surface area contributed by atoms with Gasteiger partial charge in [-0.25, -0.2) is 4.98 Å². The lowest BCUT2D eigenvalue weighted by Gasteiger charge is -2.13. The fourth-order valence-electron chi connectivity index (χ4n) is 1.69. The van der Waals surface area contributed by atoms with Crippen molar-refractivity contribution < 1.29 is 4.92 Å². The van der Waals surface area contributed by atoms with Crippen LogP contribution in [-0.2, 0) is 6.42 Å². The Morgan fingerprint density at radius 1 is 1.63 bits per heavy atom. The first-order chi connectivity index (χ1) is 9.06. The van der Waals surface area contributed by atoms with E-state index in [2.05, 4.69) is 26.2 Å². The molecule has 0 bridgehead atoms. The number of thiophene rings is 1. The minimum Gasteiger partial charge on any atom is -0.362 e. The van der Waals surface area contributed by atoms with Crippen molar-refractivity contribution in [2.24, 2.45) is 0 Å². The van der Waals surface area contributed by atoms with Crippen molar-refractivity contribution in [2.75, 3.05) is 5.32 Å². The molecular weight excluding hydrogens is 330 g/mol. The van der Waals surface area contributed by atoms with Crippen LogP contribution in [0.5, 0.6) is 0 Å². The van der Waals surface area contributed by atoms with Crippen LogP contribution in [0, 0.1) is 10.1 Å². The molecule has 0 amide bonds. The van der Waals surface area contributed by atoms with Gasteiger partial charge in [-0.2, -0.15) is 0 Å². The second-order valence-corrected chi connectivity index (χ2v) is 6.06. The fourth-order valence-corrected chi connectivity index (χ4v) is 2.85. The van der Waals surface area contributed by atoms with Crippen molar-refractivity contribution >= 4 is 38.8 Å². The van der Waals surface area contributed by atoms with Crippen LogP contribution in [0.2, 0.25) is 0 Å². The zero-order valence-corrected chi connectivity index (χ0v) is 12.6. The number of pyridine rings is 1. The highest BCUT2D eigenvalue weighted by Gasteiger charge is 2.17. The zero-order chi connectivity index (χ0) is 13.8. The van der Waals surface area contributed by atoms with Crippen molar-refractivity contribution in [3.8, 4) is 0 Å². The summed E-state index contributed by atoms with van der Waals surface area (Å²) in [5.74, 6) is 0.303. The molecule has 5 nitrogen and oxygen atoms in total.